The number of nitrogens with one attached hydrogen (secondary N) is 2. The summed E-state index contributed by atoms with van der Waals surface area (Å²) in [6.07, 6.45) is 2.53. The molecule has 0 fully saturated rings. The third kappa shape index (κ3) is 6.03. The highest BCUT2D eigenvalue weighted by molar-refractivity contribution is 9.10. The third-order valence-electron chi connectivity index (χ3n) is 3.77. The minimum absolute atomic E-state index is 0.00473. The van der Waals surface area contributed by atoms with Crippen molar-refractivity contribution >= 4 is 56.1 Å². The second-order valence-corrected chi connectivity index (χ2v) is 7.80. The van der Waals surface area contributed by atoms with Crippen molar-refractivity contribution in [1.82, 2.24) is 10.9 Å². The quantitative estimate of drug-likeness (QED) is 0.274. The normalized spacial score (nSPS) is 11.2. The van der Waals surface area contributed by atoms with Crippen molar-refractivity contribution in [2.24, 2.45) is 10.2 Å². The Bertz CT molecular complexity index is 1100. The van der Waals surface area contributed by atoms with Crippen LogP contribution in [0.4, 0.5) is 0 Å². The smallest absolute Gasteiger partial charge is 0.307 e. The first-order valence-corrected chi connectivity index (χ1v) is 10.2. The van der Waals surface area contributed by atoms with Gasteiger partial charge in [-0.15, -0.1) is 0 Å². The van der Waals surface area contributed by atoms with Crippen LogP contribution in [-0.2, 0) is 0 Å². The van der Waals surface area contributed by atoms with Gasteiger partial charge in [-0.2, -0.15) is 10.2 Å². The topological polar surface area (TPSA) is 137 Å². The molecule has 2 aromatic carbocycles. The van der Waals surface area contributed by atoms with Gasteiger partial charge in [-0.25, -0.2) is 10.9 Å². The van der Waals surface area contributed by atoms with E-state index in [2.05, 4.69) is 52.9 Å². The molecular weight excluding hydrogens is 536 g/mol. The number of furan rings is 1. The van der Waals surface area contributed by atoms with Crippen molar-refractivity contribution in [2.45, 2.75) is 0 Å². The van der Waals surface area contributed by atoms with Crippen LogP contribution in [0.3, 0.4) is 0 Å². The zero-order valence-electron chi connectivity index (χ0n) is 15.5. The molecule has 0 aliphatic carbocycles. The molecule has 3 rings (SSSR count). The standard InChI is InChI=1S/C20H14Br2N4O5/c21-13-1-3-15(27)11(7-13)9-23-25-19(29)17-5-6-18(31-17)20(30)26-24-10-12-8-14(22)2-4-16(12)28/h1-10,27-28H,(H,25,29)(H,26,30)/b23-9+,24-10+. The van der Waals surface area contributed by atoms with Crippen LogP contribution in [0, 0.1) is 0 Å². The van der Waals surface area contributed by atoms with E-state index in [9.17, 15) is 19.8 Å². The molecule has 0 unspecified atom stereocenters. The summed E-state index contributed by atoms with van der Waals surface area (Å²) in [6.45, 7) is 0. The Morgan fingerprint density at radius 3 is 1.61 bits per heavy atom. The van der Waals surface area contributed by atoms with Crippen LogP contribution in [-0.4, -0.2) is 34.5 Å². The minimum Gasteiger partial charge on any atom is -0.507 e. The van der Waals surface area contributed by atoms with E-state index in [1.165, 1.54) is 36.7 Å². The SMILES string of the molecule is O=C(N/N=C/c1cc(Br)ccc1O)c1ccc(C(=O)N/N=C/c2cc(Br)ccc2O)o1. The average molecular weight is 550 g/mol. The maximum absolute atomic E-state index is 12.1. The van der Waals surface area contributed by atoms with E-state index < -0.39 is 11.8 Å². The fourth-order valence-electron chi connectivity index (χ4n) is 2.27. The number of carbonyl (C=O) groups excluding carboxylic acids is 2. The van der Waals surface area contributed by atoms with Gasteiger partial charge in [-0.3, -0.25) is 9.59 Å². The number of benzene rings is 2. The zero-order chi connectivity index (χ0) is 22.4. The van der Waals surface area contributed by atoms with E-state index in [0.717, 1.165) is 8.95 Å². The van der Waals surface area contributed by atoms with Crippen LogP contribution in [0.2, 0.25) is 0 Å². The molecule has 11 heteroatoms. The van der Waals surface area contributed by atoms with Crippen LogP contribution in [0.5, 0.6) is 11.5 Å². The molecule has 31 heavy (non-hydrogen) atoms. The van der Waals surface area contributed by atoms with Gasteiger partial charge >= 0.3 is 11.8 Å². The highest BCUT2D eigenvalue weighted by Crippen LogP contribution is 2.21. The lowest BCUT2D eigenvalue weighted by atomic mass is 10.2. The second-order valence-electron chi connectivity index (χ2n) is 5.97. The Morgan fingerprint density at radius 1 is 0.774 bits per heavy atom. The van der Waals surface area contributed by atoms with E-state index in [0.29, 0.717) is 11.1 Å². The number of hydrogen-bond donors (Lipinski definition) is 4. The van der Waals surface area contributed by atoms with Gasteiger partial charge in [0.2, 0.25) is 0 Å². The maximum atomic E-state index is 12.1. The van der Waals surface area contributed by atoms with Crippen molar-refractivity contribution in [2.75, 3.05) is 0 Å². The van der Waals surface area contributed by atoms with Gasteiger partial charge in [0.15, 0.2) is 11.5 Å². The minimum atomic E-state index is -0.688. The highest BCUT2D eigenvalue weighted by Gasteiger charge is 2.15. The first-order chi connectivity index (χ1) is 14.8. The number of halogens is 2. The summed E-state index contributed by atoms with van der Waals surface area (Å²) < 4.78 is 6.68. The van der Waals surface area contributed by atoms with Gasteiger partial charge in [0.05, 0.1) is 12.4 Å². The van der Waals surface area contributed by atoms with E-state index in [1.807, 2.05) is 0 Å². The Morgan fingerprint density at radius 2 is 1.19 bits per heavy atom. The lowest BCUT2D eigenvalue weighted by Gasteiger charge is -2.00. The Balaban J connectivity index is 1.58. The molecule has 3 aromatic rings. The average Bonchev–Trinajstić information content (AvgIpc) is 3.23. The fraction of sp³-hybridized carbons (Fsp3) is 0. The number of rotatable bonds is 6. The Labute approximate surface area is 192 Å². The van der Waals surface area contributed by atoms with Crippen LogP contribution >= 0.6 is 31.9 Å². The van der Waals surface area contributed by atoms with E-state index in [4.69, 9.17) is 4.42 Å². The summed E-state index contributed by atoms with van der Waals surface area (Å²) >= 11 is 6.54. The van der Waals surface area contributed by atoms with Crippen LogP contribution in [0.25, 0.3) is 0 Å². The van der Waals surface area contributed by atoms with E-state index in [1.54, 1.807) is 24.3 Å². The predicted molar refractivity (Wildman–Crippen MR) is 120 cm³/mol. The maximum Gasteiger partial charge on any atom is 0.307 e. The highest BCUT2D eigenvalue weighted by atomic mass is 79.9. The molecule has 9 nitrogen and oxygen atoms in total. The van der Waals surface area contributed by atoms with Gasteiger partial charge in [0.1, 0.15) is 11.5 Å². The molecule has 2 amide bonds. The summed E-state index contributed by atoms with van der Waals surface area (Å²) in [5.41, 5.74) is 5.26. The summed E-state index contributed by atoms with van der Waals surface area (Å²) in [7, 11) is 0. The van der Waals surface area contributed by atoms with Gasteiger partial charge in [0.25, 0.3) is 0 Å². The Hall–Kier alpha value is -3.44. The van der Waals surface area contributed by atoms with E-state index >= 15 is 0 Å². The fourth-order valence-corrected chi connectivity index (χ4v) is 3.03. The van der Waals surface area contributed by atoms with Crippen LogP contribution in [0.15, 0.2) is 72.1 Å². The molecule has 0 saturated heterocycles. The molecule has 0 bridgehead atoms. The number of nitrogens with zero attached hydrogens (tertiary/aromatic N) is 2. The van der Waals surface area contributed by atoms with Crippen molar-refractivity contribution < 1.29 is 24.2 Å². The van der Waals surface area contributed by atoms with Crippen LogP contribution in [0.1, 0.15) is 32.2 Å². The molecule has 0 atom stereocenters. The molecule has 4 N–H and O–H groups in total. The van der Waals surface area contributed by atoms with Gasteiger partial charge in [-0.1, -0.05) is 31.9 Å². The molecule has 0 radical (unpaired) electrons. The van der Waals surface area contributed by atoms with Crippen molar-refractivity contribution in [3.8, 4) is 11.5 Å². The summed E-state index contributed by atoms with van der Waals surface area (Å²) in [5.74, 6) is -1.67. The van der Waals surface area contributed by atoms with Gasteiger partial charge in [0, 0.05) is 20.1 Å². The number of carbonyl (C=O) groups is 2. The molecule has 0 aliphatic rings. The molecule has 158 valence electrons. The first-order valence-electron chi connectivity index (χ1n) is 8.57. The predicted octanol–water partition coefficient (Wildman–Crippen LogP) is 3.74. The lowest BCUT2D eigenvalue weighted by Crippen LogP contribution is -2.18. The lowest BCUT2D eigenvalue weighted by molar-refractivity contribution is 0.0902. The third-order valence-corrected chi connectivity index (χ3v) is 4.76. The summed E-state index contributed by atoms with van der Waals surface area (Å²) in [4.78, 5) is 24.2. The molecule has 0 aliphatic heterocycles. The zero-order valence-corrected chi connectivity index (χ0v) is 18.7. The first kappa shape index (κ1) is 22.2. The molecular formula is C20H14Br2N4O5. The Kier molecular flexibility index (Phi) is 7.21. The largest absolute Gasteiger partial charge is 0.507 e. The van der Waals surface area contributed by atoms with Gasteiger partial charge < -0.3 is 14.6 Å². The number of aromatic hydroxyl groups is 2. The number of hydrogen-bond acceptors (Lipinski definition) is 7. The van der Waals surface area contributed by atoms with E-state index in [-0.39, 0.29) is 23.0 Å². The number of phenols is 2. The number of hydrazone groups is 2. The molecule has 1 heterocycles. The molecule has 1 aromatic heterocycles. The molecule has 0 spiro atoms. The molecule has 0 saturated carbocycles. The van der Waals surface area contributed by atoms with Crippen LogP contribution < -0.4 is 10.9 Å². The van der Waals surface area contributed by atoms with Crippen molar-refractivity contribution in [3.05, 3.63) is 80.1 Å². The second kappa shape index (κ2) is 10.0. The number of phenolic OH excluding ortho intramolecular Hbond substituents is 2. The number of amides is 2. The van der Waals surface area contributed by atoms with Gasteiger partial charge in [-0.05, 0) is 48.5 Å². The summed E-state index contributed by atoms with van der Waals surface area (Å²) in [5, 5.41) is 27.0. The van der Waals surface area contributed by atoms with Crippen molar-refractivity contribution in [3.63, 3.8) is 0 Å². The summed E-state index contributed by atoms with van der Waals surface area (Å²) in [6, 6.07) is 12.1. The monoisotopic (exact) mass is 548 g/mol. The van der Waals surface area contributed by atoms with Crippen molar-refractivity contribution in [1.29, 1.82) is 0 Å².